The Morgan fingerprint density at radius 2 is 1.59 bits per heavy atom. The van der Waals surface area contributed by atoms with Gasteiger partial charge in [-0.3, -0.25) is 9.59 Å². The van der Waals surface area contributed by atoms with Gasteiger partial charge in [0.05, 0.1) is 0 Å². The number of carbonyl (C=O) groups is 2. The van der Waals surface area contributed by atoms with Crippen LogP contribution in [0.2, 0.25) is 0 Å². The molecule has 2 aromatic rings. The van der Waals surface area contributed by atoms with Gasteiger partial charge in [0, 0.05) is 12.1 Å². The Hall–Kier alpha value is -2.82. The summed E-state index contributed by atoms with van der Waals surface area (Å²) in [5.74, 6) is 0.712. The standard InChI is InChI=1S/C27H38N2O3/c1-8-24(26(31)28-27(5,6)7)29(17-21-11-9-20(4)10-12-21)25(30)18-32-23-15-13-22(14-16-23)19(2)3/h9-16,19,24H,8,17-18H2,1-7H3,(H,28,31)/t24-/m1/s1. The predicted molar refractivity (Wildman–Crippen MR) is 130 cm³/mol. The van der Waals surface area contributed by atoms with Crippen molar-refractivity contribution in [2.45, 2.75) is 78.9 Å². The van der Waals surface area contributed by atoms with E-state index in [9.17, 15) is 9.59 Å². The normalized spacial score (nSPS) is 12.4. The number of hydrogen-bond acceptors (Lipinski definition) is 3. The Labute approximate surface area is 193 Å². The first-order valence-corrected chi connectivity index (χ1v) is 11.4. The second kappa shape index (κ2) is 11.2. The van der Waals surface area contributed by atoms with Gasteiger partial charge in [-0.2, -0.15) is 0 Å². The largest absolute Gasteiger partial charge is 0.484 e. The summed E-state index contributed by atoms with van der Waals surface area (Å²) >= 11 is 0. The number of hydrogen-bond donors (Lipinski definition) is 1. The number of ether oxygens (including phenoxy) is 1. The zero-order chi connectivity index (χ0) is 23.9. The molecule has 0 aromatic heterocycles. The minimum Gasteiger partial charge on any atom is -0.484 e. The maximum Gasteiger partial charge on any atom is 0.261 e. The first-order chi connectivity index (χ1) is 15.0. The summed E-state index contributed by atoms with van der Waals surface area (Å²) in [6.45, 7) is 14.3. The van der Waals surface area contributed by atoms with Gasteiger partial charge in [0.15, 0.2) is 6.61 Å². The maximum atomic E-state index is 13.3. The second-order valence-corrected chi connectivity index (χ2v) is 9.68. The molecule has 1 atom stereocenters. The number of nitrogens with zero attached hydrogens (tertiary/aromatic N) is 1. The van der Waals surface area contributed by atoms with E-state index in [0.717, 1.165) is 11.1 Å². The van der Waals surface area contributed by atoms with Crippen LogP contribution in [0.5, 0.6) is 5.75 Å². The minimum atomic E-state index is -0.574. The Kier molecular flexibility index (Phi) is 8.88. The van der Waals surface area contributed by atoms with E-state index in [4.69, 9.17) is 4.74 Å². The second-order valence-electron chi connectivity index (χ2n) is 9.68. The molecule has 5 heteroatoms. The molecule has 0 aliphatic carbocycles. The summed E-state index contributed by atoms with van der Waals surface area (Å²) in [6.07, 6.45) is 0.516. The highest BCUT2D eigenvalue weighted by atomic mass is 16.5. The topological polar surface area (TPSA) is 58.6 Å². The molecule has 0 aliphatic heterocycles. The molecule has 0 saturated heterocycles. The van der Waals surface area contributed by atoms with Gasteiger partial charge in [0.2, 0.25) is 5.91 Å². The number of rotatable bonds is 9. The number of nitrogens with one attached hydrogen (secondary N) is 1. The van der Waals surface area contributed by atoms with E-state index in [1.165, 1.54) is 5.56 Å². The highest BCUT2D eigenvalue weighted by Gasteiger charge is 2.30. The summed E-state index contributed by atoms with van der Waals surface area (Å²) in [5, 5.41) is 3.02. The lowest BCUT2D eigenvalue weighted by Crippen LogP contribution is -2.54. The highest BCUT2D eigenvalue weighted by Crippen LogP contribution is 2.19. The van der Waals surface area contributed by atoms with Gasteiger partial charge in [-0.15, -0.1) is 0 Å². The molecule has 0 bridgehead atoms. The van der Waals surface area contributed by atoms with Crippen LogP contribution in [0.3, 0.4) is 0 Å². The highest BCUT2D eigenvalue weighted by molar-refractivity contribution is 5.88. The monoisotopic (exact) mass is 438 g/mol. The lowest BCUT2D eigenvalue weighted by molar-refractivity contribution is -0.143. The number of aryl methyl sites for hydroxylation is 1. The van der Waals surface area contributed by atoms with Crippen LogP contribution in [-0.2, 0) is 16.1 Å². The minimum absolute atomic E-state index is 0.119. The van der Waals surface area contributed by atoms with Crippen LogP contribution in [0.25, 0.3) is 0 Å². The van der Waals surface area contributed by atoms with Crippen LogP contribution in [0.15, 0.2) is 48.5 Å². The van der Waals surface area contributed by atoms with Gasteiger partial charge in [0.1, 0.15) is 11.8 Å². The molecule has 2 aromatic carbocycles. The van der Waals surface area contributed by atoms with Gasteiger partial charge in [-0.1, -0.05) is 62.7 Å². The summed E-state index contributed by atoms with van der Waals surface area (Å²) in [7, 11) is 0. The molecule has 5 nitrogen and oxygen atoms in total. The van der Waals surface area contributed by atoms with Gasteiger partial charge < -0.3 is 15.0 Å². The Bertz CT molecular complexity index is 881. The molecule has 32 heavy (non-hydrogen) atoms. The molecule has 0 unspecified atom stereocenters. The molecule has 2 rings (SSSR count). The van der Waals surface area contributed by atoms with Crippen LogP contribution in [0.1, 0.15) is 70.6 Å². The van der Waals surface area contributed by atoms with E-state index >= 15 is 0 Å². The number of carbonyl (C=O) groups excluding carboxylic acids is 2. The maximum absolute atomic E-state index is 13.3. The third-order valence-electron chi connectivity index (χ3n) is 5.27. The quantitative estimate of drug-likeness (QED) is 0.584. The average Bonchev–Trinajstić information content (AvgIpc) is 2.72. The van der Waals surface area contributed by atoms with Crippen molar-refractivity contribution >= 4 is 11.8 Å². The molecular formula is C27H38N2O3. The zero-order valence-electron chi connectivity index (χ0n) is 20.6. The van der Waals surface area contributed by atoms with Crippen molar-refractivity contribution in [3.8, 4) is 5.75 Å². The van der Waals surface area contributed by atoms with E-state index in [1.54, 1.807) is 4.90 Å². The SMILES string of the molecule is CC[C@H](C(=O)NC(C)(C)C)N(Cc1ccc(C)cc1)C(=O)COc1ccc(C(C)C)cc1. The summed E-state index contributed by atoms with van der Waals surface area (Å²) in [4.78, 5) is 27.9. The summed E-state index contributed by atoms with van der Waals surface area (Å²) in [5.41, 5.74) is 2.97. The average molecular weight is 439 g/mol. The zero-order valence-corrected chi connectivity index (χ0v) is 20.6. The molecule has 0 spiro atoms. The van der Waals surface area contributed by atoms with Crippen molar-refractivity contribution < 1.29 is 14.3 Å². The fourth-order valence-corrected chi connectivity index (χ4v) is 3.44. The van der Waals surface area contributed by atoms with Crippen molar-refractivity contribution in [1.82, 2.24) is 10.2 Å². The van der Waals surface area contributed by atoms with Gasteiger partial charge in [-0.25, -0.2) is 0 Å². The molecule has 0 fully saturated rings. The molecule has 0 heterocycles. The van der Waals surface area contributed by atoms with Crippen molar-refractivity contribution in [3.63, 3.8) is 0 Å². The van der Waals surface area contributed by atoms with Crippen molar-refractivity contribution in [1.29, 1.82) is 0 Å². The Morgan fingerprint density at radius 3 is 2.09 bits per heavy atom. The van der Waals surface area contributed by atoms with Crippen LogP contribution >= 0.6 is 0 Å². The molecule has 174 valence electrons. The smallest absolute Gasteiger partial charge is 0.261 e. The molecule has 1 N–H and O–H groups in total. The fraction of sp³-hybridized carbons (Fsp3) is 0.481. The fourth-order valence-electron chi connectivity index (χ4n) is 3.44. The van der Waals surface area contributed by atoms with Crippen molar-refractivity contribution in [2.75, 3.05) is 6.61 Å². The molecule has 0 saturated carbocycles. The van der Waals surface area contributed by atoms with Crippen LogP contribution in [0, 0.1) is 6.92 Å². The third-order valence-corrected chi connectivity index (χ3v) is 5.27. The molecule has 0 radical (unpaired) electrons. The lowest BCUT2D eigenvalue weighted by atomic mass is 10.0. The van der Waals surface area contributed by atoms with Crippen LogP contribution in [-0.4, -0.2) is 34.9 Å². The number of amides is 2. The number of benzene rings is 2. The van der Waals surface area contributed by atoms with Crippen LogP contribution < -0.4 is 10.1 Å². The summed E-state index contributed by atoms with van der Waals surface area (Å²) in [6, 6.07) is 15.2. The first kappa shape index (κ1) is 25.4. The van der Waals surface area contributed by atoms with Gasteiger partial charge >= 0.3 is 0 Å². The first-order valence-electron chi connectivity index (χ1n) is 11.4. The van der Waals surface area contributed by atoms with E-state index in [1.807, 2.05) is 83.1 Å². The van der Waals surface area contributed by atoms with E-state index < -0.39 is 6.04 Å². The summed E-state index contributed by atoms with van der Waals surface area (Å²) < 4.78 is 5.79. The third kappa shape index (κ3) is 7.70. The predicted octanol–water partition coefficient (Wildman–Crippen LogP) is 5.22. The molecule has 2 amide bonds. The lowest BCUT2D eigenvalue weighted by Gasteiger charge is -2.33. The Balaban J connectivity index is 2.20. The molecule has 0 aliphatic rings. The van der Waals surface area contributed by atoms with E-state index in [-0.39, 0.29) is 24.0 Å². The Morgan fingerprint density at radius 1 is 1.00 bits per heavy atom. The van der Waals surface area contributed by atoms with Crippen molar-refractivity contribution in [2.24, 2.45) is 0 Å². The van der Waals surface area contributed by atoms with Gasteiger partial charge in [0.25, 0.3) is 5.91 Å². The van der Waals surface area contributed by atoms with E-state index in [2.05, 4.69) is 19.2 Å². The van der Waals surface area contributed by atoms with Crippen molar-refractivity contribution in [3.05, 3.63) is 65.2 Å². The van der Waals surface area contributed by atoms with Crippen LogP contribution in [0.4, 0.5) is 0 Å². The van der Waals surface area contributed by atoms with Gasteiger partial charge in [-0.05, 0) is 63.3 Å². The molecular weight excluding hydrogens is 400 g/mol. The van der Waals surface area contributed by atoms with E-state index in [0.29, 0.717) is 24.6 Å².